The normalized spacial score (nSPS) is 15.7. The summed E-state index contributed by atoms with van der Waals surface area (Å²) in [5, 5.41) is 2.91. The molecular formula is C23H27N3O4. The van der Waals surface area contributed by atoms with Crippen LogP contribution in [0.2, 0.25) is 0 Å². The zero-order valence-corrected chi connectivity index (χ0v) is 17.3. The number of nitrogens with zero attached hydrogens (tertiary/aromatic N) is 1. The fourth-order valence-corrected chi connectivity index (χ4v) is 3.19. The van der Waals surface area contributed by atoms with Gasteiger partial charge in [0, 0.05) is 16.8 Å². The number of benzene rings is 2. The number of rotatable bonds is 6. The lowest BCUT2D eigenvalue weighted by atomic mass is 10.0. The van der Waals surface area contributed by atoms with Crippen LogP contribution in [0.3, 0.4) is 0 Å². The summed E-state index contributed by atoms with van der Waals surface area (Å²) in [7, 11) is 0. The van der Waals surface area contributed by atoms with Crippen LogP contribution in [0, 0.1) is 0 Å². The third-order valence-electron chi connectivity index (χ3n) is 4.89. The molecule has 2 aromatic carbocycles. The smallest absolute Gasteiger partial charge is 0.435 e. The zero-order chi connectivity index (χ0) is 21.5. The van der Waals surface area contributed by atoms with Crippen LogP contribution in [-0.4, -0.2) is 30.5 Å². The second-order valence-electron chi connectivity index (χ2n) is 7.15. The van der Waals surface area contributed by atoms with Gasteiger partial charge in [-0.3, -0.25) is 4.79 Å². The summed E-state index contributed by atoms with van der Waals surface area (Å²) in [5.74, 6) is 0.702. The van der Waals surface area contributed by atoms with E-state index >= 15 is 0 Å². The molecule has 0 aliphatic carbocycles. The summed E-state index contributed by atoms with van der Waals surface area (Å²) in [5.41, 5.74) is 8.68. The number of nitrogens with two attached hydrogens (primary N) is 1. The number of carbonyl (C=O) groups is 2. The Hall–Kier alpha value is -3.35. The predicted octanol–water partition coefficient (Wildman–Crippen LogP) is 4.29. The molecule has 30 heavy (non-hydrogen) atoms. The van der Waals surface area contributed by atoms with Crippen molar-refractivity contribution in [1.29, 1.82) is 0 Å². The third-order valence-corrected chi connectivity index (χ3v) is 4.89. The molecule has 1 aliphatic heterocycles. The van der Waals surface area contributed by atoms with Crippen LogP contribution in [0.25, 0.3) is 0 Å². The first-order valence-corrected chi connectivity index (χ1v) is 10.2. The van der Waals surface area contributed by atoms with Gasteiger partial charge >= 0.3 is 6.09 Å². The number of amidine groups is 1. The van der Waals surface area contributed by atoms with Crippen molar-refractivity contribution in [2.75, 3.05) is 11.9 Å². The topological polar surface area (TPSA) is 103 Å². The summed E-state index contributed by atoms with van der Waals surface area (Å²) in [6, 6.07) is 12.3. The Balaban J connectivity index is 1.64. The number of amides is 2. The lowest BCUT2D eigenvalue weighted by Gasteiger charge is -2.25. The number of nitrogens with one attached hydrogen (secondary N) is 1. The van der Waals surface area contributed by atoms with Crippen LogP contribution in [0.4, 0.5) is 10.5 Å². The minimum absolute atomic E-state index is 0.0446. The molecule has 3 rings (SSSR count). The number of aryl methyl sites for hydroxylation is 1. The Morgan fingerprint density at radius 1 is 1.17 bits per heavy atom. The van der Waals surface area contributed by atoms with Crippen molar-refractivity contribution in [3.8, 4) is 5.75 Å². The van der Waals surface area contributed by atoms with E-state index in [1.165, 1.54) is 0 Å². The van der Waals surface area contributed by atoms with Gasteiger partial charge in [0.1, 0.15) is 11.6 Å². The van der Waals surface area contributed by atoms with Gasteiger partial charge in [-0.2, -0.15) is 4.99 Å². The molecule has 0 spiro atoms. The van der Waals surface area contributed by atoms with E-state index in [1.54, 1.807) is 24.3 Å². The molecule has 7 nitrogen and oxygen atoms in total. The maximum Gasteiger partial charge on any atom is 0.435 e. The van der Waals surface area contributed by atoms with Crippen LogP contribution in [-0.2, 0) is 11.2 Å². The van der Waals surface area contributed by atoms with E-state index in [0.29, 0.717) is 24.2 Å². The van der Waals surface area contributed by atoms with E-state index in [2.05, 4.69) is 17.2 Å². The van der Waals surface area contributed by atoms with Gasteiger partial charge in [0.2, 0.25) is 0 Å². The minimum atomic E-state index is -0.724. The van der Waals surface area contributed by atoms with Crippen molar-refractivity contribution in [2.45, 2.75) is 45.6 Å². The molecular weight excluding hydrogens is 382 g/mol. The molecule has 2 aromatic rings. The van der Waals surface area contributed by atoms with Crippen LogP contribution in [0.5, 0.6) is 5.75 Å². The highest BCUT2D eigenvalue weighted by Gasteiger charge is 2.19. The number of ether oxygens (including phenoxy) is 2. The van der Waals surface area contributed by atoms with Crippen LogP contribution < -0.4 is 15.8 Å². The van der Waals surface area contributed by atoms with Gasteiger partial charge in [0.05, 0.1) is 12.7 Å². The van der Waals surface area contributed by atoms with E-state index in [9.17, 15) is 9.59 Å². The summed E-state index contributed by atoms with van der Waals surface area (Å²) >= 11 is 0. The lowest BCUT2D eigenvalue weighted by Crippen LogP contribution is -2.21. The Kier molecular flexibility index (Phi) is 7.06. The molecule has 1 heterocycles. The second kappa shape index (κ2) is 9.91. The van der Waals surface area contributed by atoms with Crippen molar-refractivity contribution in [3.05, 3.63) is 59.2 Å². The quantitative estimate of drug-likeness (QED) is 0.547. The van der Waals surface area contributed by atoms with Gasteiger partial charge in [-0.25, -0.2) is 4.79 Å². The number of fused-ring (bicyclic) bond motifs is 1. The molecule has 0 radical (unpaired) electrons. The largest absolute Gasteiger partial charge is 0.490 e. The molecule has 1 atom stereocenters. The molecule has 0 saturated carbocycles. The molecule has 3 N–H and O–H groups in total. The molecule has 1 aliphatic rings. The van der Waals surface area contributed by atoms with E-state index in [-0.39, 0.29) is 17.8 Å². The SMILES string of the molecule is CCCOC(=O)N=C(N)c1ccc(C(=O)Nc2ccc3c(c2)CCC(CC)O3)cc1. The molecule has 2 amide bonds. The van der Waals surface area contributed by atoms with E-state index in [0.717, 1.165) is 36.3 Å². The first-order chi connectivity index (χ1) is 14.5. The average Bonchev–Trinajstić information content (AvgIpc) is 2.77. The fourth-order valence-electron chi connectivity index (χ4n) is 3.19. The molecule has 1 unspecified atom stereocenters. The number of hydrogen-bond donors (Lipinski definition) is 2. The monoisotopic (exact) mass is 409 g/mol. The maximum atomic E-state index is 12.6. The van der Waals surface area contributed by atoms with Gasteiger partial charge < -0.3 is 20.5 Å². The first kappa shape index (κ1) is 21.4. The Morgan fingerprint density at radius 3 is 2.60 bits per heavy atom. The van der Waals surface area contributed by atoms with Gasteiger partial charge in [0.25, 0.3) is 5.91 Å². The highest BCUT2D eigenvalue weighted by atomic mass is 16.5. The van der Waals surface area contributed by atoms with E-state index < -0.39 is 6.09 Å². The van der Waals surface area contributed by atoms with Crippen LogP contribution in [0.15, 0.2) is 47.5 Å². The molecule has 0 saturated heterocycles. The second-order valence-corrected chi connectivity index (χ2v) is 7.15. The number of aliphatic imine (C=N–C) groups is 1. The predicted molar refractivity (Wildman–Crippen MR) is 116 cm³/mol. The Bertz CT molecular complexity index is 938. The lowest BCUT2D eigenvalue weighted by molar-refractivity contribution is 0.102. The van der Waals surface area contributed by atoms with Crippen molar-refractivity contribution < 1.29 is 19.1 Å². The van der Waals surface area contributed by atoms with E-state index in [1.807, 2.05) is 25.1 Å². The number of carbonyl (C=O) groups excluding carboxylic acids is 2. The Morgan fingerprint density at radius 2 is 1.90 bits per heavy atom. The van der Waals surface area contributed by atoms with Gasteiger partial charge in [-0.1, -0.05) is 26.0 Å². The van der Waals surface area contributed by atoms with Crippen LogP contribution >= 0.6 is 0 Å². The third kappa shape index (κ3) is 5.37. The van der Waals surface area contributed by atoms with Crippen LogP contribution in [0.1, 0.15) is 54.6 Å². The van der Waals surface area contributed by atoms with E-state index in [4.69, 9.17) is 15.2 Å². The zero-order valence-electron chi connectivity index (χ0n) is 17.3. The maximum absolute atomic E-state index is 12.6. The summed E-state index contributed by atoms with van der Waals surface area (Å²) < 4.78 is 10.8. The number of anilines is 1. The van der Waals surface area contributed by atoms with Crippen molar-refractivity contribution >= 4 is 23.5 Å². The van der Waals surface area contributed by atoms with Gasteiger partial charge in [-0.15, -0.1) is 0 Å². The highest BCUT2D eigenvalue weighted by molar-refractivity contribution is 6.06. The standard InChI is InChI=1S/C23H27N3O4/c1-3-13-29-23(28)26-21(24)15-5-7-16(8-6-15)22(27)25-18-10-12-20-17(14-18)9-11-19(4-2)30-20/h5-8,10,12,14,19H,3-4,9,11,13H2,1-2H3,(H,25,27)(H2,24,26,28). The molecule has 0 bridgehead atoms. The highest BCUT2D eigenvalue weighted by Crippen LogP contribution is 2.31. The first-order valence-electron chi connectivity index (χ1n) is 10.2. The summed E-state index contributed by atoms with van der Waals surface area (Å²) in [4.78, 5) is 27.8. The summed E-state index contributed by atoms with van der Waals surface area (Å²) in [6.45, 7) is 4.31. The molecule has 158 valence electrons. The Labute approximate surface area is 176 Å². The van der Waals surface area contributed by atoms with Crippen molar-refractivity contribution in [3.63, 3.8) is 0 Å². The van der Waals surface area contributed by atoms with Gasteiger partial charge in [0.15, 0.2) is 0 Å². The fraction of sp³-hybridized carbons (Fsp3) is 0.348. The van der Waals surface area contributed by atoms with Crippen molar-refractivity contribution in [1.82, 2.24) is 0 Å². The average molecular weight is 409 g/mol. The molecule has 0 fully saturated rings. The summed E-state index contributed by atoms with van der Waals surface area (Å²) in [6.07, 6.45) is 3.16. The molecule has 0 aromatic heterocycles. The molecule has 7 heteroatoms. The van der Waals surface area contributed by atoms with Gasteiger partial charge in [-0.05, 0) is 61.6 Å². The number of hydrogen-bond acceptors (Lipinski definition) is 4. The minimum Gasteiger partial charge on any atom is -0.490 e. The van der Waals surface area contributed by atoms with Crippen molar-refractivity contribution in [2.24, 2.45) is 10.7 Å².